The van der Waals surface area contributed by atoms with Crippen molar-refractivity contribution in [1.29, 1.82) is 0 Å². The summed E-state index contributed by atoms with van der Waals surface area (Å²) < 4.78 is 28.0. The minimum absolute atomic E-state index is 0.323. The maximum absolute atomic E-state index is 12.2. The lowest BCUT2D eigenvalue weighted by Crippen LogP contribution is -2.40. The topological polar surface area (TPSA) is 49.4 Å². The van der Waals surface area contributed by atoms with Gasteiger partial charge in [-0.05, 0) is 56.1 Å². The van der Waals surface area contributed by atoms with Crippen molar-refractivity contribution >= 4 is 26.0 Å². The van der Waals surface area contributed by atoms with E-state index in [1.165, 1.54) is 0 Å². The highest BCUT2D eigenvalue weighted by molar-refractivity contribution is 9.10. The van der Waals surface area contributed by atoms with E-state index in [0.717, 1.165) is 36.9 Å². The first-order chi connectivity index (χ1) is 9.51. The summed E-state index contributed by atoms with van der Waals surface area (Å²) in [6.07, 6.45) is 2.25. The van der Waals surface area contributed by atoms with Gasteiger partial charge < -0.3 is 4.90 Å². The van der Waals surface area contributed by atoms with E-state index in [-0.39, 0.29) is 0 Å². The number of hydrogen-bond donors (Lipinski definition) is 1. The zero-order valence-corrected chi connectivity index (χ0v) is 14.1. The Hall–Kier alpha value is -0.430. The highest BCUT2D eigenvalue weighted by Crippen LogP contribution is 2.17. The lowest BCUT2D eigenvalue weighted by Gasteiger charge is -2.31. The van der Waals surface area contributed by atoms with Crippen molar-refractivity contribution in [1.82, 2.24) is 9.62 Å². The summed E-state index contributed by atoms with van der Waals surface area (Å²) >= 11 is 3.31. The molecule has 0 spiro atoms. The number of benzene rings is 1. The molecule has 0 saturated carbocycles. The lowest BCUT2D eigenvalue weighted by molar-refractivity contribution is 0.184. The normalized spacial score (nSPS) is 21.0. The lowest BCUT2D eigenvalue weighted by atomic mass is 9.98. The average Bonchev–Trinajstić information content (AvgIpc) is 2.46. The molecule has 0 aliphatic carbocycles. The Labute approximate surface area is 129 Å². The van der Waals surface area contributed by atoms with Gasteiger partial charge >= 0.3 is 0 Å². The Bertz CT molecular complexity index is 531. The Morgan fingerprint density at radius 2 is 2.05 bits per heavy atom. The Morgan fingerprint density at radius 3 is 2.70 bits per heavy atom. The van der Waals surface area contributed by atoms with E-state index in [0.29, 0.717) is 17.4 Å². The smallest absolute Gasteiger partial charge is 0.240 e. The van der Waals surface area contributed by atoms with Crippen LogP contribution in [0.25, 0.3) is 0 Å². The summed E-state index contributed by atoms with van der Waals surface area (Å²) in [5.41, 5.74) is 0. The molecule has 1 aromatic carbocycles. The van der Waals surface area contributed by atoms with E-state index >= 15 is 0 Å². The number of piperidine rings is 1. The number of hydrogen-bond acceptors (Lipinski definition) is 3. The molecule has 112 valence electrons. The summed E-state index contributed by atoms with van der Waals surface area (Å²) in [7, 11) is -3.39. The van der Waals surface area contributed by atoms with Crippen LogP contribution in [0.2, 0.25) is 0 Å². The van der Waals surface area contributed by atoms with Gasteiger partial charge in [0.05, 0.1) is 4.90 Å². The molecule has 1 heterocycles. The van der Waals surface area contributed by atoms with Gasteiger partial charge in [-0.25, -0.2) is 13.1 Å². The Kier molecular flexibility index (Phi) is 5.60. The molecule has 6 heteroatoms. The number of nitrogens with one attached hydrogen (secondary N) is 1. The van der Waals surface area contributed by atoms with Crippen molar-refractivity contribution in [3.63, 3.8) is 0 Å². The van der Waals surface area contributed by atoms with Gasteiger partial charge in [0.1, 0.15) is 0 Å². The summed E-state index contributed by atoms with van der Waals surface area (Å²) in [4.78, 5) is 2.70. The van der Waals surface area contributed by atoms with Gasteiger partial charge in [-0.1, -0.05) is 22.9 Å². The van der Waals surface area contributed by atoms with Crippen LogP contribution in [0.4, 0.5) is 0 Å². The molecule has 1 aromatic rings. The molecule has 1 fully saturated rings. The molecule has 20 heavy (non-hydrogen) atoms. The van der Waals surface area contributed by atoms with Gasteiger partial charge in [-0.2, -0.15) is 0 Å². The van der Waals surface area contributed by atoms with Gasteiger partial charge in [-0.3, -0.25) is 0 Å². The minimum atomic E-state index is -3.39. The third-order valence-electron chi connectivity index (χ3n) is 3.74. The minimum Gasteiger partial charge on any atom is -0.303 e. The average molecular weight is 361 g/mol. The number of likely N-dealkylation sites (tertiary alicyclic amines) is 1. The monoisotopic (exact) mass is 360 g/mol. The molecule has 0 amide bonds. The van der Waals surface area contributed by atoms with Gasteiger partial charge in [-0.15, -0.1) is 0 Å². The van der Waals surface area contributed by atoms with Crippen LogP contribution in [0, 0.1) is 5.92 Å². The van der Waals surface area contributed by atoms with Crippen molar-refractivity contribution in [3.05, 3.63) is 28.7 Å². The van der Waals surface area contributed by atoms with Crippen molar-refractivity contribution in [2.24, 2.45) is 5.92 Å². The summed E-state index contributed by atoms with van der Waals surface area (Å²) in [5, 5.41) is 0. The van der Waals surface area contributed by atoms with E-state index < -0.39 is 10.0 Å². The molecular formula is C14H21BrN2O2S. The third-order valence-corrected chi connectivity index (χ3v) is 5.70. The van der Waals surface area contributed by atoms with Crippen LogP contribution in [-0.4, -0.2) is 39.5 Å². The molecule has 1 aliphatic rings. The summed E-state index contributed by atoms with van der Waals surface area (Å²) in [6.45, 7) is 5.82. The van der Waals surface area contributed by atoms with E-state index in [1.54, 1.807) is 24.3 Å². The fourth-order valence-electron chi connectivity index (χ4n) is 2.53. The molecular weight excluding hydrogens is 340 g/mol. The SMILES string of the molecule is CCN1CCCC(CNS(=O)(=O)c2ccc(Br)cc2)C1. The van der Waals surface area contributed by atoms with E-state index in [2.05, 4.69) is 32.5 Å². The molecule has 0 bridgehead atoms. The number of nitrogens with zero attached hydrogens (tertiary/aromatic N) is 1. The molecule has 0 radical (unpaired) electrons. The van der Waals surface area contributed by atoms with Crippen LogP contribution in [0.1, 0.15) is 19.8 Å². The molecule has 1 saturated heterocycles. The predicted molar refractivity (Wildman–Crippen MR) is 84.2 cm³/mol. The first kappa shape index (κ1) is 15.9. The van der Waals surface area contributed by atoms with Gasteiger partial charge in [0, 0.05) is 17.6 Å². The zero-order chi connectivity index (χ0) is 14.6. The highest BCUT2D eigenvalue weighted by Gasteiger charge is 2.21. The maximum atomic E-state index is 12.2. The van der Waals surface area contributed by atoms with Crippen LogP contribution < -0.4 is 4.72 Å². The molecule has 1 aliphatic heterocycles. The molecule has 0 aromatic heterocycles. The number of sulfonamides is 1. The van der Waals surface area contributed by atoms with Crippen LogP contribution in [0.3, 0.4) is 0 Å². The molecule has 1 atom stereocenters. The van der Waals surface area contributed by atoms with E-state index in [1.807, 2.05) is 0 Å². The van der Waals surface area contributed by atoms with Crippen molar-refractivity contribution in [2.45, 2.75) is 24.7 Å². The molecule has 2 rings (SSSR count). The van der Waals surface area contributed by atoms with Crippen molar-refractivity contribution < 1.29 is 8.42 Å². The summed E-state index contributed by atoms with van der Waals surface area (Å²) in [5.74, 6) is 0.411. The molecule has 1 N–H and O–H groups in total. The second-order valence-corrected chi connectivity index (χ2v) is 7.89. The first-order valence-electron chi connectivity index (χ1n) is 6.99. The largest absolute Gasteiger partial charge is 0.303 e. The molecule has 4 nitrogen and oxygen atoms in total. The van der Waals surface area contributed by atoms with Gasteiger partial charge in [0.15, 0.2) is 0 Å². The van der Waals surface area contributed by atoms with Crippen molar-refractivity contribution in [3.8, 4) is 0 Å². The first-order valence-corrected chi connectivity index (χ1v) is 9.26. The van der Waals surface area contributed by atoms with E-state index in [9.17, 15) is 8.42 Å². The van der Waals surface area contributed by atoms with Crippen LogP contribution in [0.15, 0.2) is 33.6 Å². The second-order valence-electron chi connectivity index (χ2n) is 5.21. The fraction of sp³-hybridized carbons (Fsp3) is 0.571. The predicted octanol–water partition coefficient (Wildman–Crippen LogP) is 2.46. The van der Waals surface area contributed by atoms with Gasteiger partial charge in [0.25, 0.3) is 0 Å². The standard InChI is InChI=1S/C14H21BrN2O2S/c1-2-17-9-3-4-12(11-17)10-16-20(18,19)14-7-5-13(15)6-8-14/h5-8,12,16H,2-4,9-11H2,1H3. The van der Waals surface area contributed by atoms with Crippen LogP contribution >= 0.6 is 15.9 Å². The van der Waals surface area contributed by atoms with Crippen molar-refractivity contribution in [2.75, 3.05) is 26.2 Å². The van der Waals surface area contributed by atoms with Crippen LogP contribution in [-0.2, 0) is 10.0 Å². The molecule has 1 unspecified atom stereocenters. The quantitative estimate of drug-likeness (QED) is 0.877. The summed E-state index contributed by atoms with van der Waals surface area (Å²) in [6, 6.07) is 6.72. The fourth-order valence-corrected chi connectivity index (χ4v) is 3.91. The highest BCUT2D eigenvalue weighted by atomic mass is 79.9. The second kappa shape index (κ2) is 7.02. The van der Waals surface area contributed by atoms with Gasteiger partial charge in [0.2, 0.25) is 10.0 Å². The third kappa shape index (κ3) is 4.28. The number of halogens is 1. The van der Waals surface area contributed by atoms with E-state index in [4.69, 9.17) is 0 Å². The maximum Gasteiger partial charge on any atom is 0.240 e. The number of rotatable bonds is 5. The Balaban J connectivity index is 1.94. The zero-order valence-electron chi connectivity index (χ0n) is 11.7. The Morgan fingerprint density at radius 1 is 1.35 bits per heavy atom. The van der Waals surface area contributed by atoms with Crippen LogP contribution in [0.5, 0.6) is 0 Å².